The van der Waals surface area contributed by atoms with Gasteiger partial charge in [-0.2, -0.15) is 0 Å². The van der Waals surface area contributed by atoms with Crippen molar-refractivity contribution in [1.82, 2.24) is 10.2 Å². The monoisotopic (exact) mass is 394 g/mol. The molecule has 3 aromatic rings. The van der Waals surface area contributed by atoms with Crippen molar-refractivity contribution in [3.8, 4) is 0 Å². The van der Waals surface area contributed by atoms with E-state index in [1.807, 2.05) is 31.2 Å². The van der Waals surface area contributed by atoms with Crippen LogP contribution in [0.25, 0.3) is 0 Å². The van der Waals surface area contributed by atoms with Gasteiger partial charge in [0.25, 0.3) is 5.22 Å². The number of rotatable bonds is 8. The number of carbonyl (C=O) groups is 1. The Morgan fingerprint density at radius 2 is 1.82 bits per heavy atom. The number of thioether (sulfide) groups is 1. The number of aryl methyl sites for hydroxylation is 1. The smallest absolute Gasteiger partial charge is 0.277 e. The lowest BCUT2D eigenvalue weighted by Gasteiger charge is -2.09. The maximum atomic E-state index is 12.3. The standard InChI is InChI=1S/C23H26N2O2S/c1-15(2)12-18-8-10-19(11-9-18)17(4)22-24-25-23(27-22)28-14-21(26)20-7-5-6-16(3)13-20/h5-11,13,15,17H,12,14H2,1-4H3. The molecule has 0 aliphatic rings. The van der Waals surface area contributed by atoms with Gasteiger partial charge < -0.3 is 4.42 Å². The molecule has 28 heavy (non-hydrogen) atoms. The van der Waals surface area contributed by atoms with Crippen molar-refractivity contribution in [3.05, 3.63) is 76.7 Å². The first kappa shape index (κ1) is 20.3. The van der Waals surface area contributed by atoms with E-state index in [1.54, 1.807) is 0 Å². The molecule has 1 heterocycles. The number of carbonyl (C=O) groups excluding carboxylic acids is 1. The van der Waals surface area contributed by atoms with Gasteiger partial charge in [0.05, 0.1) is 11.7 Å². The van der Waals surface area contributed by atoms with Crippen LogP contribution >= 0.6 is 11.8 Å². The van der Waals surface area contributed by atoms with E-state index >= 15 is 0 Å². The summed E-state index contributed by atoms with van der Waals surface area (Å²) in [5.41, 5.74) is 4.26. The summed E-state index contributed by atoms with van der Waals surface area (Å²) in [6, 6.07) is 16.2. The van der Waals surface area contributed by atoms with Gasteiger partial charge in [0, 0.05) is 5.56 Å². The Morgan fingerprint density at radius 1 is 1.07 bits per heavy atom. The van der Waals surface area contributed by atoms with Crippen LogP contribution in [-0.2, 0) is 6.42 Å². The zero-order valence-corrected chi connectivity index (χ0v) is 17.6. The molecule has 0 radical (unpaired) electrons. The number of ketones is 1. The molecule has 0 aliphatic heterocycles. The van der Waals surface area contributed by atoms with Crippen LogP contribution in [0, 0.1) is 12.8 Å². The maximum Gasteiger partial charge on any atom is 0.277 e. The maximum absolute atomic E-state index is 12.3. The van der Waals surface area contributed by atoms with Crippen molar-refractivity contribution in [2.45, 2.75) is 45.3 Å². The quantitative estimate of drug-likeness (QED) is 0.362. The van der Waals surface area contributed by atoms with Gasteiger partial charge in [0.1, 0.15) is 0 Å². The molecule has 0 saturated heterocycles. The molecule has 1 aromatic heterocycles. The zero-order chi connectivity index (χ0) is 20.1. The molecular weight excluding hydrogens is 368 g/mol. The fourth-order valence-corrected chi connectivity index (χ4v) is 3.70. The summed E-state index contributed by atoms with van der Waals surface area (Å²) in [4.78, 5) is 12.3. The average molecular weight is 395 g/mol. The molecule has 0 N–H and O–H groups in total. The summed E-state index contributed by atoms with van der Waals surface area (Å²) in [7, 11) is 0. The zero-order valence-electron chi connectivity index (χ0n) is 16.8. The van der Waals surface area contributed by atoms with E-state index in [1.165, 1.54) is 17.3 Å². The highest BCUT2D eigenvalue weighted by Crippen LogP contribution is 2.27. The van der Waals surface area contributed by atoms with Gasteiger partial charge in [-0.3, -0.25) is 4.79 Å². The first-order valence-electron chi connectivity index (χ1n) is 9.57. The summed E-state index contributed by atoms with van der Waals surface area (Å²) in [5, 5.41) is 8.71. The molecule has 4 nitrogen and oxygen atoms in total. The van der Waals surface area contributed by atoms with Crippen molar-refractivity contribution in [1.29, 1.82) is 0 Å². The third-order valence-corrected chi connectivity index (χ3v) is 5.40. The first-order valence-corrected chi connectivity index (χ1v) is 10.6. The first-order chi connectivity index (χ1) is 13.4. The average Bonchev–Trinajstić information content (AvgIpc) is 3.15. The lowest BCUT2D eigenvalue weighted by atomic mass is 9.97. The van der Waals surface area contributed by atoms with E-state index in [-0.39, 0.29) is 17.5 Å². The molecule has 2 aromatic carbocycles. The molecule has 1 unspecified atom stereocenters. The van der Waals surface area contributed by atoms with Gasteiger partial charge in [-0.05, 0) is 43.4 Å². The number of aromatic nitrogens is 2. The third kappa shape index (κ3) is 5.32. The summed E-state index contributed by atoms with van der Waals surface area (Å²) in [6.45, 7) is 8.47. The number of hydrogen-bond acceptors (Lipinski definition) is 5. The Kier molecular flexibility index (Phi) is 6.68. The number of nitrogens with zero attached hydrogens (tertiary/aromatic N) is 2. The predicted molar refractivity (Wildman–Crippen MR) is 113 cm³/mol. The van der Waals surface area contributed by atoms with Crippen molar-refractivity contribution >= 4 is 17.5 Å². The minimum Gasteiger partial charge on any atom is -0.415 e. The largest absolute Gasteiger partial charge is 0.415 e. The van der Waals surface area contributed by atoms with Gasteiger partial charge in [-0.1, -0.05) is 73.6 Å². The Balaban J connectivity index is 1.60. The van der Waals surface area contributed by atoms with E-state index in [2.05, 4.69) is 55.2 Å². The van der Waals surface area contributed by atoms with Crippen LogP contribution in [0.4, 0.5) is 0 Å². The molecule has 0 fully saturated rings. The molecular formula is C23H26N2O2S. The van der Waals surface area contributed by atoms with Crippen molar-refractivity contribution < 1.29 is 9.21 Å². The molecule has 0 bridgehead atoms. The lowest BCUT2D eigenvalue weighted by molar-refractivity contribution is 0.102. The highest BCUT2D eigenvalue weighted by molar-refractivity contribution is 7.99. The van der Waals surface area contributed by atoms with E-state index in [0.29, 0.717) is 22.6 Å². The van der Waals surface area contributed by atoms with Crippen molar-refractivity contribution in [2.75, 3.05) is 5.75 Å². The normalized spacial score (nSPS) is 12.3. The molecule has 1 atom stereocenters. The van der Waals surface area contributed by atoms with Gasteiger partial charge >= 0.3 is 0 Å². The van der Waals surface area contributed by atoms with Gasteiger partial charge in [0.15, 0.2) is 5.78 Å². The number of hydrogen-bond donors (Lipinski definition) is 0. The Morgan fingerprint density at radius 3 is 2.50 bits per heavy atom. The predicted octanol–water partition coefficient (Wildman–Crippen LogP) is 5.70. The van der Waals surface area contributed by atoms with E-state index in [0.717, 1.165) is 17.5 Å². The molecule has 0 amide bonds. The van der Waals surface area contributed by atoms with Crippen molar-refractivity contribution in [3.63, 3.8) is 0 Å². The fourth-order valence-electron chi connectivity index (χ4n) is 3.04. The second kappa shape index (κ2) is 9.20. The molecule has 0 aliphatic carbocycles. The molecule has 0 saturated carbocycles. The highest BCUT2D eigenvalue weighted by atomic mass is 32.2. The van der Waals surface area contributed by atoms with Crippen LogP contribution < -0.4 is 0 Å². The highest BCUT2D eigenvalue weighted by Gasteiger charge is 2.17. The molecule has 3 rings (SSSR count). The van der Waals surface area contributed by atoms with E-state index < -0.39 is 0 Å². The third-order valence-electron chi connectivity index (χ3n) is 4.58. The second-order valence-corrected chi connectivity index (χ2v) is 8.48. The minimum absolute atomic E-state index is 0.0161. The molecule has 146 valence electrons. The van der Waals surface area contributed by atoms with Crippen LogP contribution in [0.3, 0.4) is 0 Å². The molecule has 0 spiro atoms. The van der Waals surface area contributed by atoms with Crippen LogP contribution in [0.5, 0.6) is 0 Å². The second-order valence-electron chi connectivity index (χ2n) is 7.55. The summed E-state index contributed by atoms with van der Waals surface area (Å²) >= 11 is 1.28. The van der Waals surface area contributed by atoms with Gasteiger partial charge in [0.2, 0.25) is 5.89 Å². The fraction of sp³-hybridized carbons (Fsp3) is 0.348. The lowest BCUT2D eigenvalue weighted by Crippen LogP contribution is -2.02. The summed E-state index contributed by atoms with van der Waals surface area (Å²) in [5.74, 6) is 1.57. The van der Waals surface area contributed by atoms with E-state index in [9.17, 15) is 4.79 Å². The van der Waals surface area contributed by atoms with Gasteiger partial charge in [-0.15, -0.1) is 10.2 Å². The number of Topliss-reactive ketones (excluding diaryl/α,β-unsaturated/α-hetero) is 1. The number of benzene rings is 2. The Bertz CT molecular complexity index is 932. The van der Waals surface area contributed by atoms with Crippen LogP contribution in [0.2, 0.25) is 0 Å². The van der Waals surface area contributed by atoms with Crippen LogP contribution in [0.15, 0.2) is 58.2 Å². The SMILES string of the molecule is Cc1cccc(C(=O)CSc2nnc(C(C)c3ccc(CC(C)C)cc3)o2)c1. The summed E-state index contributed by atoms with van der Waals surface area (Å²) in [6.07, 6.45) is 1.07. The summed E-state index contributed by atoms with van der Waals surface area (Å²) < 4.78 is 5.79. The van der Waals surface area contributed by atoms with Crippen molar-refractivity contribution in [2.24, 2.45) is 5.92 Å². The van der Waals surface area contributed by atoms with Gasteiger partial charge in [-0.25, -0.2) is 0 Å². The topological polar surface area (TPSA) is 56.0 Å². The van der Waals surface area contributed by atoms with E-state index in [4.69, 9.17) is 4.42 Å². The Labute approximate surface area is 170 Å². The van der Waals surface area contributed by atoms with Crippen LogP contribution in [-0.4, -0.2) is 21.7 Å². The Hall–Kier alpha value is -2.40. The molecule has 5 heteroatoms. The minimum atomic E-state index is 0.0161. The van der Waals surface area contributed by atoms with Crippen LogP contribution in [0.1, 0.15) is 59.6 Å².